The van der Waals surface area contributed by atoms with Crippen LogP contribution in [0.3, 0.4) is 0 Å². The first-order valence-electron chi connectivity index (χ1n) is 11.8. The van der Waals surface area contributed by atoms with Crippen molar-refractivity contribution in [2.75, 3.05) is 12.9 Å². The van der Waals surface area contributed by atoms with E-state index in [1.165, 1.54) is 30.2 Å². The number of aromatic amines is 1. The van der Waals surface area contributed by atoms with Gasteiger partial charge in [0.15, 0.2) is 5.16 Å². The smallest absolute Gasteiger partial charge is 0.345 e. The molecule has 2 N–H and O–H groups in total. The SMILES string of the molecule is C=CCn1c(SC/C(O)=C(\C(=O)OC)c2nc3ccccc3[nH]2)nc2sc3c(c2c1=O)CCCCC3. The Labute approximate surface area is 215 Å². The number of carbonyl (C=O) groups is 1. The monoisotopic (exact) mass is 522 g/mol. The molecule has 36 heavy (non-hydrogen) atoms. The summed E-state index contributed by atoms with van der Waals surface area (Å²) in [7, 11) is 1.25. The van der Waals surface area contributed by atoms with Gasteiger partial charge in [-0.2, -0.15) is 0 Å². The molecule has 4 aromatic rings. The predicted molar refractivity (Wildman–Crippen MR) is 144 cm³/mol. The van der Waals surface area contributed by atoms with Crippen molar-refractivity contribution in [1.82, 2.24) is 19.5 Å². The Hall–Kier alpha value is -3.37. The van der Waals surface area contributed by atoms with Crippen molar-refractivity contribution in [2.45, 2.75) is 43.8 Å². The number of nitrogens with zero attached hydrogens (tertiary/aromatic N) is 3. The van der Waals surface area contributed by atoms with Gasteiger partial charge in [-0.3, -0.25) is 9.36 Å². The summed E-state index contributed by atoms with van der Waals surface area (Å²) in [4.78, 5) is 40.4. The Morgan fingerprint density at radius 3 is 2.86 bits per heavy atom. The molecule has 1 aliphatic rings. The van der Waals surface area contributed by atoms with Gasteiger partial charge < -0.3 is 14.8 Å². The minimum absolute atomic E-state index is 0.00164. The van der Waals surface area contributed by atoms with Crippen LogP contribution >= 0.6 is 23.1 Å². The van der Waals surface area contributed by atoms with Crippen molar-refractivity contribution >= 4 is 55.9 Å². The Balaban J connectivity index is 1.54. The lowest BCUT2D eigenvalue weighted by Gasteiger charge is -2.11. The molecule has 0 spiro atoms. The fraction of sp³-hybridized carbons (Fsp3) is 0.308. The van der Waals surface area contributed by atoms with Crippen LogP contribution in [0, 0.1) is 0 Å². The first kappa shape index (κ1) is 24.3. The molecule has 0 aliphatic heterocycles. The lowest BCUT2D eigenvalue weighted by Crippen LogP contribution is -2.23. The first-order chi connectivity index (χ1) is 17.5. The number of carbonyl (C=O) groups excluding carboxylic acids is 1. The summed E-state index contributed by atoms with van der Waals surface area (Å²) in [5.41, 5.74) is 2.40. The summed E-state index contributed by atoms with van der Waals surface area (Å²) in [5.74, 6) is -0.703. The maximum Gasteiger partial charge on any atom is 0.345 e. The minimum Gasteiger partial charge on any atom is -0.510 e. The molecule has 0 radical (unpaired) electrons. The Morgan fingerprint density at radius 2 is 2.08 bits per heavy atom. The van der Waals surface area contributed by atoms with E-state index < -0.39 is 5.97 Å². The van der Waals surface area contributed by atoms with E-state index >= 15 is 0 Å². The van der Waals surface area contributed by atoms with Crippen LogP contribution in [-0.4, -0.2) is 43.5 Å². The number of rotatable bonds is 7. The second-order valence-corrected chi connectivity index (χ2v) is 10.6. The summed E-state index contributed by atoms with van der Waals surface area (Å²) in [6.45, 7) is 4.10. The van der Waals surface area contributed by atoms with Crippen LogP contribution < -0.4 is 5.56 Å². The van der Waals surface area contributed by atoms with E-state index in [9.17, 15) is 14.7 Å². The number of H-pyrrole nitrogens is 1. The Morgan fingerprint density at radius 1 is 1.28 bits per heavy atom. The number of fused-ring (bicyclic) bond motifs is 4. The molecular formula is C26H26N4O4S2. The fourth-order valence-electron chi connectivity index (χ4n) is 4.53. The average Bonchev–Trinajstić information content (AvgIpc) is 3.38. The number of allylic oxidation sites excluding steroid dienone is 1. The van der Waals surface area contributed by atoms with Crippen molar-refractivity contribution in [2.24, 2.45) is 0 Å². The standard InChI is InChI=1S/C26H26N4O4S2/c1-3-13-30-24(32)20-15-9-5-4-6-12-19(15)36-23(20)29-26(30)35-14-18(31)21(25(33)34-2)22-27-16-10-7-8-11-17(16)28-22/h3,7-8,10-11,31H,1,4-6,9,12-14H2,2H3,(H,27,28)/b21-18+. The van der Waals surface area contributed by atoms with E-state index in [-0.39, 0.29) is 28.5 Å². The molecule has 0 unspecified atom stereocenters. The number of thioether (sulfide) groups is 1. The fourth-order valence-corrected chi connectivity index (χ4v) is 6.72. The first-order valence-corrected chi connectivity index (χ1v) is 13.6. The van der Waals surface area contributed by atoms with E-state index in [4.69, 9.17) is 9.72 Å². The number of hydrogen-bond donors (Lipinski definition) is 2. The van der Waals surface area contributed by atoms with Gasteiger partial charge >= 0.3 is 5.97 Å². The largest absolute Gasteiger partial charge is 0.510 e. The van der Waals surface area contributed by atoms with E-state index in [0.717, 1.165) is 41.6 Å². The quantitative estimate of drug-likeness (QED) is 0.0667. The van der Waals surface area contributed by atoms with Gasteiger partial charge in [0.05, 0.1) is 29.3 Å². The zero-order valence-corrected chi connectivity index (χ0v) is 21.5. The van der Waals surface area contributed by atoms with Gasteiger partial charge in [0.2, 0.25) is 0 Å². The maximum absolute atomic E-state index is 13.5. The number of methoxy groups -OCH3 is 1. The average molecular weight is 523 g/mol. The number of aliphatic hydroxyl groups excluding tert-OH is 1. The van der Waals surface area contributed by atoms with Crippen LogP contribution in [0.4, 0.5) is 0 Å². The zero-order valence-electron chi connectivity index (χ0n) is 19.9. The highest BCUT2D eigenvalue weighted by Gasteiger charge is 2.24. The van der Waals surface area contributed by atoms with Gasteiger partial charge in [0.1, 0.15) is 22.0 Å². The number of aromatic nitrogens is 4. The molecule has 3 aromatic heterocycles. The number of benzene rings is 1. The normalized spacial score (nSPS) is 14.4. The molecule has 3 heterocycles. The highest BCUT2D eigenvalue weighted by molar-refractivity contribution is 7.99. The molecule has 1 aliphatic carbocycles. The zero-order chi connectivity index (χ0) is 25.2. The van der Waals surface area contributed by atoms with Gasteiger partial charge in [-0.15, -0.1) is 17.9 Å². The predicted octanol–water partition coefficient (Wildman–Crippen LogP) is 5.02. The van der Waals surface area contributed by atoms with Crippen molar-refractivity contribution in [1.29, 1.82) is 0 Å². The number of aryl methyl sites for hydroxylation is 2. The molecule has 0 atom stereocenters. The van der Waals surface area contributed by atoms with Crippen LogP contribution in [0.25, 0.3) is 26.8 Å². The minimum atomic E-state index is -0.707. The molecule has 186 valence electrons. The number of esters is 1. The highest BCUT2D eigenvalue weighted by Crippen LogP contribution is 2.34. The second-order valence-electron chi connectivity index (χ2n) is 8.55. The maximum atomic E-state index is 13.5. The summed E-state index contributed by atoms with van der Waals surface area (Å²) in [6, 6.07) is 7.34. The lowest BCUT2D eigenvalue weighted by molar-refractivity contribution is -0.133. The molecule has 0 amide bonds. The molecule has 5 rings (SSSR count). The number of aliphatic hydroxyl groups is 1. The van der Waals surface area contributed by atoms with E-state index in [1.54, 1.807) is 22.0 Å². The number of nitrogens with one attached hydrogen (secondary N) is 1. The van der Waals surface area contributed by atoms with Crippen LogP contribution in [0.15, 0.2) is 52.6 Å². The van der Waals surface area contributed by atoms with Gasteiger partial charge in [-0.25, -0.2) is 14.8 Å². The van der Waals surface area contributed by atoms with Gasteiger partial charge in [0.25, 0.3) is 5.56 Å². The van der Waals surface area contributed by atoms with E-state index in [1.807, 2.05) is 24.3 Å². The molecule has 0 fully saturated rings. The lowest BCUT2D eigenvalue weighted by atomic mass is 10.1. The molecule has 1 aromatic carbocycles. The number of ether oxygens (including phenoxy) is 1. The van der Waals surface area contributed by atoms with Crippen molar-refractivity contribution in [3.8, 4) is 0 Å². The third-order valence-electron chi connectivity index (χ3n) is 6.24. The number of hydrogen-bond acceptors (Lipinski definition) is 8. The van der Waals surface area contributed by atoms with Gasteiger partial charge in [-0.05, 0) is 43.4 Å². The molecule has 0 saturated carbocycles. The third kappa shape index (κ3) is 4.46. The summed E-state index contributed by atoms with van der Waals surface area (Å²) in [5, 5.41) is 12.2. The molecule has 8 nitrogen and oxygen atoms in total. The van der Waals surface area contributed by atoms with E-state index in [2.05, 4.69) is 16.5 Å². The number of thiophene rings is 1. The molecule has 0 bridgehead atoms. The van der Waals surface area contributed by atoms with Crippen LogP contribution in [-0.2, 0) is 28.9 Å². The van der Waals surface area contributed by atoms with Crippen molar-refractivity contribution < 1.29 is 14.6 Å². The van der Waals surface area contributed by atoms with Crippen LogP contribution in [0.2, 0.25) is 0 Å². The summed E-state index contributed by atoms with van der Waals surface area (Å²) < 4.78 is 6.51. The van der Waals surface area contributed by atoms with Crippen molar-refractivity contribution in [3.05, 3.63) is 69.3 Å². The van der Waals surface area contributed by atoms with Gasteiger partial charge in [-0.1, -0.05) is 36.4 Å². The Kier molecular flexibility index (Phi) is 6.97. The molecule has 0 saturated heterocycles. The summed E-state index contributed by atoms with van der Waals surface area (Å²) in [6.07, 6.45) is 6.91. The number of para-hydroxylation sites is 2. The van der Waals surface area contributed by atoms with Crippen LogP contribution in [0.1, 0.15) is 35.5 Å². The molecule has 10 heteroatoms. The highest BCUT2D eigenvalue weighted by atomic mass is 32.2. The second kappa shape index (κ2) is 10.3. The summed E-state index contributed by atoms with van der Waals surface area (Å²) >= 11 is 2.77. The number of imidazole rings is 1. The molecular weight excluding hydrogens is 496 g/mol. The van der Waals surface area contributed by atoms with Gasteiger partial charge in [0, 0.05) is 11.4 Å². The third-order valence-corrected chi connectivity index (χ3v) is 8.42. The topological polar surface area (TPSA) is 110 Å². The van der Waals surface area contributed by atoms with Crippen molar-refractivity contribution in [3.63, 3.8) is 0 Å². The van der Waals surface area contributed by atoms with Crippen LogP contribution in [0.5, 0.6) is 0 Å². The Bertz CT molecular complexity index is 1530. The van der Waals surface area contributed by atoms with E-state index in [0.29, 0.717) is 22.6 Å².